The van der Waals surface area contributed by atoms with Gasteiger partial charge in [-0.1, -0.05) is 25.1 Å². The Labute approximate surface area is 170 Å². The maximum absolute atomic E-state index is 12.8. The van der Waals surface area contributed by atoms with Crippen LogP contribution in [0.25, 0.3) is 0 Å². The molecule has 3 rings (SSSR count). The van der Waals surface area contributed by atoms with Crippen LogP contribution in [0.5, 0.6) is 17.2 Å². The fourth-order valence-electron chi connectivity index (χ4n) is 3.52. The second-order valence-corrected chi connectivity index (χ2v) is 7.64. The Balaban J connectivity index is 2.02. The minimum absolute atomic E-state index is 0.00119. The van der Waals surface area contributed by atoms with Crippen LogP contribution in [-0.2, 0) is 4.79 Å². The summed E-state index contributed by atoms with van der Waals surface area (Å²) in [4.78, 5) is 15.8. The average Bonchev–Trinajstić information content (AvgIpc) is 2.72. The number of nitrogens with zero attached hydrogens (tertiary/aromatic N) is 1. The number of rotatable bonds is 8. The minimum Gasteiger partial charge on any atom is -0.493 e. The fraction of sp³-hybridized carbons (Fsp3) is 0.318. The lowest BCUT2D eigenvalue weighted by Gasteiger charge is -2.46. The zero-order valence-electron chi connectivity index (χ0n) is 16.6. The number of benzene rings is 2. The Bertz CT molecular complexity index is 840. The topological polar surface area (TPSA) is 48.0 Å². The number of anilines is 1. The van der Waals surface area contributed by atoms with Crippen molar-refractivity contribution in [2.24, 2.45) is 5.92 Å². The third kappa shape index (κ3) is 3.44. The minimum atomic E-state index is -0.260. The molecule has 148 valence electrons. The van der Waals surface area contributed by atoms with Crippen molar-refractivity contribution in [3.05, 3.63) is 54.6 Å². The third-order valence-corrected chi connectivity index (χ3v) is 5.75. The van der Waals surface area contributed by atoms with E-state index < -0.39 is 0 Å². The lowest BCUT2D eigenvalue weighted by Crippen LogP contribution is -2.54. The molecule has 2 aromatic rings. The van der Waals surface area contributed by atoms with Crippen molar-refractivity contribution in [3.8, 4) is 17.2 Å². The van der Waals surface area contributed by atoms with Crippen molar-refractivity contribution in [1.29, 1.82) is 0 Å². The van der Waals surface area contributed by atoms with Crippen LogP contribution in [0.4, 0.5) is 5.69 Å². The normalized spacial score (nSPS) is 18.4. The molecule has 6 heteroatoms. The third-order valence-electron chi connectivity index (χ3n) is 4.86. The van der Waals surface area contributed by atoms with Crippen LogP contribution in [0.2, 0.25) is 0 Å². The number of hydrogen-bond acceptors (Lipinski definition) is 5. The van der Waals surface area contributed by atoms with Crippen LogP contribution in [0, 0.1) is 5.92 Å². The van der Waals surface area contributed by atoms with E-state index in [-0.39, 0.29) is 17.9 Å². The number of amides is 1. The summed E-state index contributed by atoms with van der Waals surface area (Å²) >= 11 is 1.79. The molecule has 28 heavy (non-hydrogen) atoms. The van der Waals surface area contributed by atoms with Gasteiger partial charge in [0.1, 0.15) is 0 Å². The first-order chi connectivity index (χ1) is 13.6. The molecule has 1 heterocycles. The first kappa shape index (κ1) is 20.1. The van der Waals surface area contributed by atoms with E-state index >= 15 is 0 Å². The largest absolute Gasteiger partial charge is 0.493 e. The van der Waals surface area contributed by atoms with Gasteiger partial charge in [0.25, 0.3) is 0 Å². The van der Waals surface area contributed by atoms with E-state index in [1.807, 2.05) is 0 Å². The highest BCUT2D eigenvalue weighted by molar-refractivity contribution is 7.99. The number of methoxy groups -OCH3 is 3. The molecule has 0 spiro atoms. The molecule has 0 saturated carbocycles. The van der Waals surface area contributed by atoms with Gasteiger partial charge in [-0.15, -0.1) is 18.3 Å². The summed E-state index contributed by atoms with van der Waals surface area (Å²) in [7, 11) is 4.68. The molecular weight excluding hydrogens is 374 g/mol. The van der Waals surface area contributed by atoms with Gasteiger partial charge in [0.15, 0.2) is 11.5 Å². The van der Waals surface area contributed by atoms with Crippen molar-refractivity contribution in [1.82, 2.24) is 0 Å². The smallest absolute Gasteiger partial charge is 0.236 e. The lowest BCUT2D eigenvalue weighted by molar-refractivity contribution is -0.128. The number of thioether (sulfide) groups is 1. The van der Waals surface area contributed by atoms with Crippen molar-refractivity contribution in [3.63, 3.8) is 0 Å². The van der Waals surface area contributed by atoms with Gasteiger partial charge < -0.3 is 19.1 Å². The molecule has 0 aliphatic carbocycles. The molecule has 2 atom stereocenters. The summed E-state index contributed by atoms with van der Waals surface area (Å²) < 4.78 is 16.3. The van der Waals surface area contributed by atoms with E-state index in [9.17, 15) is 4.79 Å². The highest BCUT2D eigenvalue weighted by Crippen LogP contribution is 2.48. The SMILES string of the molecule is C=CC1C(=O)N(c2cc(OC)c(OC)c(OC)c2)C1c1ccc(SCC)cc1. The van der Waals surface area contributed by atoms with Crippen LogP contribution in [0.15, 0.2) is 53.9 Å². The highest BCUT2D eigenvalue weighted by Gasteiger charge is 2.47. The van der Waals surface area contributed by atoms with Crippen LogP contribution in [0.1, 0.15) is 18.5 Å². The van der Waals surface area contributed by atoms with E-state index in [1.54, 1.807) is 56.2 Å². The van der Waals surface area contributed by atoms with Gasteiger partial charge >= 0.3 is 0 Å². The van der Waals surface area contributed by atoms with Crippen molar-refractivity contribution < 1.29 is 19.0 Å². The molecule has 1 saturated heterocycles. The summed E-state index contributed by atoms with van der Waals surface area (Å²) in [6.45, 7) is 5.99. The number of carbonyl (C=O) groups excluding carboxylic acids is 1. The zero-order chi connectivity index (χ0) is 20.3. The van der Waals surface area contributed by atoms with Gasteiger partial charge in [0.05, 0.1) is 39.0 Å². The summed E-state index contributed by atoms with van der Waals surface area (Å²) in [6, 6.07) is 11.8. The molecule has 5 nitrogen and oxygen atoms in total. The number of hydrogen-bond donors (Lipinski definition) is 0. The average molecular weight is 400 g/mol. The first-order valence-corrected chi connectivity index (χ1v) is 10.1. The zero-order valence-corrected chi connectivity index (χ0v) is 17.4. The van der Waals surface area contributed by atoms with Crippen molar-refractivity contribution >= 4 is 23.4 Å². The maximum Gasteiger partial charge on any atom is 0.236 e. The fourth-order valence-corrected chi connectivity index (χ4v) is 4.18. The summed E-state index contributed by atoms with van der Waals surface area (Å²) in [5, 5.41) is 0. The molecule has 1 aliphatic rings. The van der Waals surface area contributed by atoms with Crippen LogP contribution < -0.4 is 19.1 Å². The van der Waals surface area contributed by atoms with Crippen molar-refractivity contribution in [2.45, 2.75) is 17.9 Å². The Morgan fingerprint density at radius 2 is 1.68 bits per heavy atom. The van der Waals surface area contributed by atoms with Gasteiger partial charge in [0, 0.05) is 17.0 Å². The molecule has 0 N–H and O–H groups in total. The maximum atomic E-state index is 12.8. The van der Waals surface area contributed by atoms with E-state index in [4.69, 9.17) is 14.2 Å². The highest BCUT2D eigenvalue weighted by atomic mass is 32.2. The molecule has 1 aliphatic heterocycles. The Hall–Kier alpha value is -2.60. The summed E-state index contributed by atoms with van der Waals surface area (Å²) in [5.74, 6) is 2.29. The Kier molecular flexibility index (Phi) is 6.19. The monoisotopic (exact) mass is 399 g/mol. The summed E-state index contributed by atoms with van der Waals surface area (Å²) in [6.07, 6.45) is 1.72. The predicted octanol–water partition coefficient (Wildman–Crippen LogP) is 4.71. The number of carbonyl (C=O) groups is 1. The standard InChI is InChI=1S/C22H25NO4S/c1-6-17-20(14-8-10-16(11-9-14)28-7-2)23(22(17)24)15-12-18(25-3)21(27-5)19(13-15)26-4/h6,8-13,17,20H,1,7H2,2-5H3. The quantitative estimate of drug-likeness (QED) is 0.365. The molecule has 2 unspecified atom stereocenters. The molecule has 0 bridgehead atoms. The first-order valence-electron chi connectivity index (χ1n) is 9.07. The molecule has 0 aromatic heterocycles. The van der Waals surface area contributed by atoms with E-state index in [2.05, 4.69) is 37.8 Å². The number of ether oxygens (including phenoxy) is 3. The van der Waals surface area contributed by atoms with Gasteiger partial charge in [-0.3, -0.25) is 4.79 Å². The van der Waals surface area contributed by atoms with Crippen LogP contribution in [0.3, 0.4) is 0 Å². The molecule has 0 radical (unpaired) electrons. The van der Waals surface area contributed by atoms with E-state index in [0.717, 1.165) is 11.3 Å². The van der Waals surface area contributed by atoms with Gasteiger partial charge in [-0.05, 0) is 23.4 Å². The van der Waals surface area contributed by atoms with Crippen molar-refractivity contribution in [2.75, 3.05) is 32.0 Å². The Morgan fingerprint density at radius 1 is 1.07 bits per heavy atom. The van der Waals surface area contributed by atoms with Gasteiger partial charge in [-0.25, -0.2) is 0 Å². The Morgan fingerprint density at radius 3 is 2.14 bits per heavy atom. The van der Waals surface area contributed by atoms with E-state index in [0.29, 0.717) is 22.9 Å². The van der Waals surface area contributed by atoms with E-state index in [1.165, 1.54) is 4.90 Å². The molecule has 1 amide bonds. The summed E-state index contributed by atoms with van der Waals surface area (Å²) in [5.41, 5.74) is 1.77. The predicted molar refractivity (Wildman–Crippen MR) is 113 cm³/mol. The second-order valence-electron chi connectivity index (χ2n) is 6.30. The molecule has 1 fully saturated rings. The lowest BCUT2D eigenvalue weighted by atomic mass is 9.82. The second kappa shape index (κ2) is 8.61. The van der Waals surface area contributed by atoms with Gasteiger partial charge in [0.2, 0.25) is 11.7 Å². The van der Waals surface area contributed by atoms with Crippen LogP contribution in [-0.4, -0.2) is 33.0 Å². The van der Waals surface area contributed by atoms with Gasteiger partial charge in [-0.2, -0.15) is 0 Å². The van der Waals surface area contributed by atoms with Crippen LogP contribution >= 0.6 is 11.8 Å². The molecular formula is C22H25NO4S. The number of β-lactam (4-membered cyclic amide) rings is 1. The molecule has 2 aromatic carbocycles.